The third-order valence-electron chi connectivity index (χ3n) is 3.92. The molecule has 1 aromatic carbocycles. The molecule has 0 aliphatic carbocycles. The first-order valence-electron chi connectivity index (χ1n) is 7.86. The average molecular weight is 354 g/mol. The summed E-state index contributed by atoms with van der Waals surface area (Å²) in [5, 5.41) is 3.07. The lowest BCUT2D eigenvalue weighted by atomic mass is 10.2. The molecule has 0 saturated heterocycles. The summed E-state index contributed by atoms with van der Waals surface area (Å²) in [4.78, 5) is 33.4. The molecule has 8 heteroatoms. The largest absolute Gasteiger partial charge is 0.493 e. The van der Waals surface area contributed by atoms with Crippen LogP contribution >= 0.6 is 0 Å². The fourth-order valence-electron chi connectivity index (χ4n) is 2.62. The third-order valence-corrected chi connectivity index (χ3v) is 3.92. The predicted molar refractivity (Wildman–Crippen MR) is 96.7 cm³/mol. The molecule has 0 saturated carbocycles. The van der Waals surface area contributed by atoms with E-state index in [0.717, 1.165) is 0 Å². The Morgan fingerprint density at radius 3 is 2.46 bits per heavy atom. The molecule has 0 fully saturated rings. The van der Waals surface area contributed by atoms with Gasteiger partial charge in [-0.2, -0.15) is 0 Å². The van der Waals surface area contributed by atoms with E-state index in [2.05, 4.69) is 15.3 Å². The molecule has 0 aliphatic heterocycles. The average Bonchev–Trinajstić information content (AvgIpc) is 2.65. The molecule has 26 heavy (non-hydrogen) atoms. The number of pyridine rings is 1. The number of carbonyl (C=O) groups is 1. The van der Waals surface area contributed by atoms with Crippen molar-refractivity contribution in [3.8, 4) is 11.5 Å². The lowest BCUT2D eigenvalue weighted by molar-refractivity contribution is -0.116. The zero-order chi connectivity index (χ0) is 18.7. The highest BCUT2D eigenvalue weighted by atomic mass is 16.5. The van der Waals surface area contributed by atoms with Gasteiger partial charge in [-0.05, 0) is 25.1 Å². The van der Waals surface area contributed by atoms with Gasteiger partial charge in [0.15, 0.2) is 11.5 Å². The summed E-state index contributed by atoms with van der Waals surface area (Å²) in [7, 11) is 3.01. The number of methoxy groups -OCH3 is 2. The molecule has 134 valence electrons. The fraction of sp³-hybridized carbons (Fsp3) is 0.222. The number of nitrogens with one attached hydrogen (secondary N) is 1. The first-order chi connectivity index (χ1) is 12.5. The SMILES string of the molecule is COc1cc2nc(C)n(CC(=O)Nc3ccncc3)c(=O)c2cc1OC. The zero-order valence-corrected chi connectivity index (χ0v) is 14.6. The van der Waals surface area contributed by atoms with Crippen LogP contribution in [-0.2, 0) is 11.3 Å². The molecule has 2 heterocycles. The van der Waals surface area contributed by atoms with Gasteiger partial charge < -0.3 is 14.8 Å². The molecule has 0 spiro atoms. The van der Waals surface area contributed by atoms with E-state index < -0.39 is 0 Å². The van der Waals surface area contributed by atoms with Crippen molar-refractivity contribution in [1.82, 2.24) is 14.5 Å². The van der Waals surface area contributed by atoms with Gasteiger partial charge >= 0.3 is 0 Å². The molecule has 0 unspecified atom stereocenters. The van der Waals surface area contributed by atoms with Gasteiger partial charge in [-0.3, -0.25) is 19.1 Å². The number of rotatable bonds is 5. The van der Waals surface area contributed by atoms with Crippen LogP contribution in [0.1, 0.15) is 5.82 Å². The number of hydrogen-bond donors (Lipinski definition) is 1. The topological polar surface area (TPSA) is 95.3 Å². The highest BCUT2D eigenvalue weighted by Crippen LogP contribution is 2.30. The van der Waals surface area contributed by atoms with Crippen molar-refractivity contribution in [1.29, 1.82) is 0 Å². The summed E-state index contributed by atoms with van der Waals surface area (Å²) in [6.45, 7) is 1.53. The molecule has 0 bridgehead atoms. The smallest absolute Gasteiger partial charge is 0.262 e. The highest BCUT2D eigenvalue weighted by Gasteiger charge is 2.15. The molecule has 2 aromatic heterocycles. The summed E-state index contributed by atoms with van der Waals surface area (Å²) >= 11 is 0. The Morgan fingerprint density at radius 2 is 1.81 bits per heavy atom. The van der Waals surface area contributed by atoms with Gasteiger partial charge in [-0.1, -0.05) is 0 Å². The Balaban J connectivity index is 1.98. The highest BCUT2D eigenvalue weighted by molar-refractivity contribution is 5.90. The van der Waals surface area contributed by atoms with Crippen molar-refractivity contribution in [3.63, 3.8) is 0 Å². The van der Waals surface area contributed by atoms with E-state index in [9.17, 15) is 9.59 Å². The number of anilines is 1. The van der Waals surface area contributed by atoms with Crippen LogP contribution in [0.4, 0.5) is 5.69 Å². The summed E-state index contributed by atoms with van der Waals surface area (Å²) in [5.41, 5.74) is 0.769. The minimum Gasteiger partial charge on any atom is -0.493 e. The number of benzene rings is 1. The van der Waals surface area contributed by atoms with Crippen molar-refractivity contribution in [2.24, 2.45) is 0 Å². The lowest BCUT2D eigenvalue weighted by Crippen LogP contribution is -2.30. The Hall–Kier alpha value is -3.42. The fourth-order valence-corrected chi connectivity index (χ4v) is 2.62. The van der Waals surface area contributed by atoms with Crippen LogP contribution in [0.3, 0.4) is 0 Å². The van der Waals surface area contributed by atoms with Gasteiger partial charge in [0, 0.05) is 24.1 Å². The number of nitrogens with zero attached hydrogens (tertiary/aromatic N) is 3. The monoisotopic (exact) mass is 354 g/mol. The van der Waals surface area contributed by atoms with E-state index >= 15 is 0 Å². The van der Waals surface area contributed by atoms with E-state index in [4.69, 9.17) is 9.47 Å². The number of ether oxygens (including phenoxy) is 2. The van der Waals surface area contributed by atoms with Gasteiger partial charge in [0.2, 0.25) is 5.91 Å². The minimum atomic E-state index is -0.331. The minimum absolute atomic E-state index is 0.149. The maximum Gasteiger partial charge on any atom is 0.262 e. The molecule has 3 rings (SSSR count). The standard InChI is InChI=1S/C18H18N4O4/c1-11-20-14-9-16(26-3)15(25-2)8-13(14)18(24)22(11)10-17(23)21-12-4-6-19-7-5-12/h4-9H,10H2,1-3H3,(H,19,21,23). The van der Waals surface area contributed by atoms with E-state index in [1.54, 1.807) is 43.6 Å². The molecule has 3 aromatic rings. The van der Waals surface area contributed by atoms with Gasteiger partial charge in [0.25, 0.3) is 5.56 Å². The Kier molecular flexibility index (Phi) is 4.83. The Bertz CT molecular complexity index is 1020. The number of hydrogen-bond acceptors (Lipinski definition) is 6. The van der Waals surface area contributed by atoms with Gasteiger partial charge in [0.1, 0.15) is 12.4 Å². The summed E-state index contributed by atoms with van der Waals surface area (Å²) < 4.78 is 11.8. The van der Waals surface area contributed by atoms with Crippen molar-refractivity contribution < 1.29 is 14.3 Å². The van der Waals surface area contributed by atoms with Crippen molar-refractivity contribution in [3.05, 3.63) is 52.8 Å². The maximum atomic E-state index is 12.8. The molecular formula is C18H18N4O4. The Morgan fingerprint density at radius 1 is 1.15 bits per heavy atom. The second-order valence-electron chi connectivity index (χ2n) is 5.56. The normalized spacial score (nSPS) is 10.6. The van der Waals surface area contributed by atoms with E-state index in [1.807, 2.05) is 0 Å². The van der Waals surface area contributed by atoms with E-state index in [1.165, 1.54) is 18.8 Å². The van der Waals surface area contributed by atoms with Crippen LogP contribution < -0.4 is 20.3 Å². The van der Waals surface area contributed by atoms with Gasteiger partial charge in [-0.25, -0.2) is 4.98 Å². The van der Waals surface area contributed by atoms with Crippen LogP contribution in [-0.4, -0.2) is 34.7 Å². The van der Waals surface area contributed by atoms with E-state index in [0.29, 0.717) is 33.9 Å². The third kappa shape index (κ3) is 3.34. The van der Waals surface area contributed by atoms with Crippen LogP contribution in [0.2, 0.25) is 0 Å². The maximum absolute atomic E-state index is 12.8. The first kappa shape index (κ1) is 17.4. The van der Waals surface area contributed by atoms with E-state index in [-0.39, 0.29) is 18.0 Å². The number of aromatic nitrogens is 3. The molecule has 0 radical (unpaired) electrons. The summed E-state index contributed by atoms with van der Waals surface area (Å²) in [6, 6.07) is 6.55. The van der Waals surface area contributed by atoms with Gasteiger partial charge in [-0.15, -0.1) is 0 Å². The van der Waals surface area contributed by atoms with Crippen LogP contribution in [0, 0.1) is 6.92 Å². The lowest BCUT2D eigenvalue weighted by Gasteiger charge is -2.13. The van der Waals surface area contributed by atoms with Crippen molar-refractivity contribution >= 4 is 22.5 Å². The molecule has 1 amide bonds. The predicted octanol–water partition coefficient (Wildman–Crippen LogP) is 1.76. The van der Waals surface area contributed by atoms with Crippen LogP contribution in [0.5, 0.6) is 11.5 Å². The number of aryl methyl sites for hydroxylation is 1. The molecular weight excluding hydrogens is 336 g/mol. The molecule has 1 N–H and O–H groups in total. The van der Waals surface area contributed by atoms with Gasteiger partial charge in [0.05, 0.1) is 25.1 Å². The zero-order valence-electron chi connectivity index (χ0n) is 14.6. The Labute approximate surface area is 149 Å². The molecule has 8 nitrogen and oxygen atoms in total. The second-order valence-corrected chi connectivity index (χ2v) is 5.56. The number of amides is 1. The van der Waals surface area contributed by atoms with Crippen LogP contribution in [0.25, 0.3) is 10.9 Å². The van der Waals surface area contributed by atoms with Crippen LogP contribution in [0.15, 0.2) is 41.5 Å². The number of carbonyl (C=O) groups excluding carboxylic acids is 1. The van der Waals surface area contributed by atoms with Crippen molar-refractivity contribution in [2.75, 3.05) is 19.5 Å². The summed E-state index contributed by atoms with van der Waals surface area (Å²) in [6.07, 6.45) is 3.15. The molecule has 0 atom stereocenters. The quantitative estimate of drug-likeness (QED) is 0.750. The molecule has 0 aliphatic rings. The summed E-state index contributed by atoms with van der Waals surface area (Å²) in [5.74, 6) is 1.01. The first-order valence-corrected chi connectivity index (χ1v) is 7.86. The number of fused-ring (bicyclic) bond motifs is 1. The van der Waals surface area contributed by atoms with Crippen molar-refractivity contribution in [2.45, 2.75) is 13.5 Å². The second kappa shape index (κ2) is 7.22.